The number of carbonyl (C=O) groups excluding carboxylic acids is 3. The summed E-state index contributed by atoms with van der Waals surface area (Å²) in [5.74, 6) is -1.98. The Balaban J connectivity index is 1.74. The molecular formula is C69H129O24P. The molecule has 0 amide bonds. The summed E-state index contributed by atoms with van der Waals surface area (Å²) in [7, 11) is -5.69. The first-order valence-corrected chi connectivity index (χ1v) is 38.3. The fourth-order valence-electron chi connectivity index (χ4n) is 12.3. The molecule has 3 fully saturated rings. The van der Waals surface area contributed by atoms with Crippen molar-refractivity contribution >= 4 is 25.7 Å². The highest BCUT2D eigenvalue weighted by Gasteiger charge is 2.58. The van der Waals surface area contributed by atoms with Crippen molar-refractivity contribution in [2.75, 3.05) is 26.4 Å². The van der Waals surface area contributed by atoms with Gasteiger partial charge in [0, 0.05) is 19.3 Å². The second-order valence-electron chi connectivity index (χ2n) is 26.7. The van der Waals surface area contributed by atoms with Crippen molar-refractivity contribution < 1.29 is 117 Å². The Kier molecular flexibility index (Phi) is 47.7. The van der Waals surface area contributed by atoms with Gasteiger partial charge in [-0.3, -0.25) is 23.4 Å². The van der Waals surface area contributed by atoms with E-state index >= 15 is 0 Å². The lowest BCUT2D eigenvalue weighted by Gasteiger charge is -2.49. The summed E-state index contributed by atoms with van der Waals surface area (Å²) in [5.41, 5.74) is 0. The van der Waals surface area contributed by atoms with E-state index in [0.29, 0.717) is 19.3 Å². The van der Waals surface area contributed by atoms with E-state index < -0.39 is 156 Å². The van der Waals surface area contributed by atoms with Crippen molar-refractivity contribution in [2.24, 2.45) is 0 Å². The van der Waals surface area contributed by atoms with Crippen molar-refractivity contribution in [3.05, 3.63) is 0 Å². The number of carbonyl (C=O) groups is 3. The number of aliphatic hydroxyl groups excluding tert-OH is 10. The zero-order chi connectivity index (χ0) is 68.9. The summed E-state index contributed by atoms with van der Waals surface area (Å²) in [6.45, 7) is 3.44. The summed E-state index contributed by atoms with van der Waals surface area (Å²) in [4.78, 5) is 50.9. The largest absolute Gasteiger partial charge is 0.472 e. The van der Waals surface area contributed by atoms with Crippen LogP contribution in [-0.2, 0) is 61.2 Å². The molecule has 3 rings (SSSR count). The van der Waals surface area contributed by atoms with Gasteiger partial charge < -0.3 is 89.1 Å². The second kappa shape index (κ2) is 52.0. The predicted octanol–water partition coefficient (Wildman–Crippen LogP) is 9.40. The number of unbranched alkanes of at least 4 members (excludes halogenated alkanes) is 36. The Bertz CT molecular complexity index is 1960. The first kappa shape index (κ1) is 86.2. The molecule has 25 heteroatoms. The Morgan fingerprint density at radius 2 is 0.681 bits per heavy atom. The maximum atomic E-state index is 14.3. The minimum Gasteiger partial charge on any atom is -0.463 e. The van der Waals surface area contributed by atoms with Crippen LogP contribution in [-0.4, -0.2) is 204 Å². The van der Waals surface area contributed by atoms with E-state index in [0.717, 1.165) is 89.9 Å². The van der Waals surface area contributed by atoms with Gasteiger partial charge in [0.1, 0.15) is 98.7 Å². The zero-order valence-electron chi connectivity index (χ0n) is 57.5. The fourth-order valence-corrected chi connectivity index (χ4v) is 13.3. The van der Waals surface area contributed by atoms with Crippen molar-refractivity contribution in [3.63, 3.8) is 0 Å². The molecule has 2 heterocycles. The van der Waals surface area contributed by atoms with Crippen LogP contribution >= 0.6 is 7.82 Å². The van der Waals surface area contributed by atoms with Crippen LogP contribution in [0.5, 0.6) is 0 Å². The van der Waals surface area contributed by atoms with E-state index in [1.54, 1.807) is 0 Å². The average molecular weight is 1370 g/mol. The number of phosphoric ester groups is 1. The molecule has 0 radical (unpaired) electrons. The Morgan fingerprint density at radius 3 is 1.04 bits per heavy atom. The van der Waals surface area contributed by atoms with Gasteiger partial charge in [0.25, 0.3) is 0 Å². The average Bonchev–Trinajstić information content (AvgIpc) is 0.767. The summed E-state index contributed by atoms with van der Waals surface area (Å²) < 4.78 is 64.9. The fraction of sp³-hybridized carbons (Fsp3) is 0.957. The smallest absolute Gasteiger partial charge is 0.463 e. The molecule has 0 bridgehead atoms. The lowest BCUT2D eigenvalue weighted by Crippen LogP contribution is -2.69. The number of esters is 3. The molecule has 94 heavy (non-hydrogen) atoms. The first-order valence-electron chi connectivity index (χ1n) is 36.8. The number of aliphatic hydroxyl groups is 10. The molecule has 3 aliphatic rings. The molecule has 0 aromatic heterocycles. The van der Waals surface area contributed by atoms with Gasteiger partial charge in [-0.25, -0.2) is 4.57 Å². The van der Waals surface area contributed by atoms with Crippen LogP contribution in [0, 0.1) is 0 Å². The molecule has 554 valence electrons. The molecular weight excluding hydrogens is 1240 g/mol. The maximum Gasteiger partial charge on any atom is 0.472 e. The van der Waals surface area contributed by atoms with Crippen LogP contribution in [0.25, 0.3) is 0 Å². The lowest BCUT2D eigenvalue weighted by atomic mass is 9.84. The Labute approximate surface area is 561 Å². The molecule has 0 aromatic rings. The number of ether oxygens (including phenoxy) is 7. The number of hydrogen-bond donors (Lipinski definition) is 11. The van der Waals surface area contributed by atoms with E-state index in [-0.39, 0.29) is 19.3 Å². The highest BCUT2D eigenvalue weighted by molar-refractivity contribution is 7.47. The normalized spacial score (nSPS) is 28.2. The molecule has 18 atom stereocenters. The van der Waals surface area contributed by atoms with E-state index in [9.17, 15) is 74.9 Å². The third kappa shape index (κ3) is 35.3. The molecule has 0 aromatic carbocycles. The SMILES string of the molecule is CCCCCCCCCCCCCCCCCC(=O)OCC(COP(=O)(O)OC1C(OC2OC(CO)C(O)C(O)C2O)C(O)C(O)C(O)C1OC1OC(COC(=O)CCCCCCCCCCCCCCC)C(O)C(O)C1O)OC(=O)CCCCCCCCCCCCC. The van der Waals surface area contributed by atoms with Gasteiger partial charge in [-0.1, -0.05) is 252 Å². The Morgan fingerprint density at radius 1 is 0.372 bits per heavy atom. The topological polar surface area (TPSA) is 374 Å². The quantitative estimate of drug-likeness (QED) is 0.0117. The van der Waals surface area contributed by atoms with E-state index in [2.05, 4.69) is 20.8 Å². The van der Waals surface area contributed by atoms with Gasteiger partial charge in [-0.15, -0.1) is 0 Å². The number of phosphoric acid groups is 1. The van der Waals surface area contributed by atoms with Crippen LogP contribution in [0.3, 0.4) is 0 Å². The predicted molar refractivity (Wildman–Crippen MR) is 352 cm³/mol. The molecule has 1 saturated carbocycles. The molecule has 0 spiro atoms. The van der Waals surface area contributed by atoms with E-state index in [1.165, 1.54) is 141 Å². The van der Waals surface area contributed by atoms with Gasteiger partial charge in [0.05, 0.1) is 13.2 Å². The van der Waals surface area contributed by atoms with Crippen LogP contribution in [0.15, 0.2) is 0 Å². The van der Waals surface area contributed by atoms with Crippen molar-refractivity contribution in [1.29, 1.82) is 0 Å². The Hall–Kier alpha value is -2.04. The van der Waals surface area contributed by atoms with Crippen LogP contribution in [0.1, 0.15) is 290 Å². The molecule has 2 aliphatic heterocycles. The highest BCUT2D eigenvalue weighted by Crippen LogP contribution is 2.49. The highest BCUT2D eigenvalue weighted by atomic mass is 31.2. The summed E-state index contributed by atoms with van der Waals surface area (Å²) >= 11 is 0. The summed E-state index contributed by atoms with van der Waals surface area (Å²) in [6, 6.07) is 0. The van der Waals surface area contributed by atoms with Crippen molar-refractivity contribution in [3.8, 4) is 0 Å². The molecule has 24 nitrogen and oxygen atoms in total. The van der Waals surface area contributed by atoms with Crippen LogP contribution in [0.4, 0.5) is 0 Å². The number of rotatable bonds is 57. The van der Waals surface area contributed by atoms with Gasteiger partial charge in [0.15, 0.2) is 18.7 Å². The van der Waals surface area contributed by atoms with Gasteiger partial charge in [-0.05, 0) is 19.3 Å². The van der Waals surface area contributed by atoms with Gasteiger partial charge in [-0.2, -0.15) is 0 Å². The second-order valence-corrected chi connectivity index (χ2v) is 28.1. The van der Waals surface area contributed by atoms with Gasteiger partial charge >= 0.3 is 25.7 Å². The van der Waals surface area contributed by atoms with Crippen LogP contribution in [0.2, 0.25) is 0 Å². The van der Waals surface area contributed by atoms with Gasteiger partial charge in [0.2, 0.25) is 0 Å². The third-order valence-electron chi connectivity index (χ3n) is 18.4. The van der Waals surface area contributed by atoms with E-state index in [1.807, 2.05) is 0 Å². The van der Waals surface area contributed by atoms with Crippen molar-refractivity contribution in [1.82, 2.24) is 0 Å². The summed E-state index contributed by atoms with van der Waals surface area (Å²) in [6.07, 6.45) is 7.61. The van der Waals surface area contributed by atoms with Crippen molar-refractivity contribution in [2.45, 2.75) is 395 Å². The van der Waals surface area contributed by atoms with E-state index in [4.69, 9.17) is 42.2 Å². The summed E-state index contributed by atoms with van der Waals surface area (Å²) in [5, 5.41) is 110. The molecule has 2 saturated heterocycles. The molecule has 18 unspecified atom stereocenters. The minimum absolute atomic E-state index is 0.0334. The molecule has 11 N–H and O–H groups in total. The lowest BCUT2D eigenvalue weighted by molar-refractivity contribution is -0.360. The number of hydrogen-bond acceptors (Lipinski definition) is 23. The monoisotopic (exact) mass is 1370 g/mol. The minimum atomic E-state index is -5.69. The zero-order valence-corrected chi connectivity index (χ0v) is 58.4. The van der Waals surface area contributed by atoms with Crippen LogP contribution < -0.4 is 0 Å². The third-order valence-corrected chi connectivity index (χ3v) is 19.4. The first-order chi connectivity index (χ1) is 45.3. The maximum absolute atomic E-state index is 14.3. The standard InChI is InChI=1S/C69H129O24P/c1-4-7-10-13-16-19-22-24-25-27-30-31-34-37-40-43-53(71)85-47-50(88-55(73)45-42-39-36-33-28-21-18-15-12-9-6-3)48-87-94(83,84)93-67-65(91-68-63(81)58(76)56(74)51(46-70)89-68)61(79)60(78)62(80)66(67)92-69-64(82)59(77)57(75)52(90-69)49-86-54(72)44-41-38-35-32-29-26-23-20-17-14-11-8-5-2/h50-52,56-70,74-82H,4-49H2,1-3H3,(H,83,84). The molecule has 1 aliphatic carbocycles.